The minimum atomic E-state index is -3.17. The summed E-state index contributed by atoms with van der Waals surface area (Å²) in [5.74, 6) is -1.38. The number of fused-ring (bicyclic) bond motifs is 1. The number of nitrogens with zero attached hydrogens (tertiary/aromatic N) is 3. The number of rotatable bonds is 7. The summed E-state index contributed by atoms with van der Waals surface area (Å²) in [7, 11) is -3.17. The van der Waals surface area contributed by atoms with Crippen LogP contribution in [-0.2, 0) is 9.84 Å². The van der Waals surface area contributed by atoms with Gasteiger partial charge in [-0.25, -0.2) is 17.2 Å². The van der Waals surface area contributed by atoms with Crippen molar-refractivity contribution in [1.82, 2.24) is 20.1 Å². The molecule has 1 aromatic carbocycles. The third-order valence-corrected chi connectivity index (χ3v) is 8.34. The lowest BCUT2D eigenvalue weighted by atomic mass is 10.0. The molecule has 1 aliphatic rings. The fraction of sp³-hybridized carbons (Fsp3) is 0.458. The molecule has 4 rings (SSSR count). The molecule has 1 unspecified atom stereocenters. The lowest BCUT2D eigenvalue weighted by molar-refractivity contribution is 0.0276. The molecule has 0 saturated carbocycles. The van der Waals surface area contributed by atoms with E-state index in [-0.39, 0.29) is 39.6 Å². The second-order valence-electron chi connectivity index (χ2n) is 10.1. The van der Waals surface area contributed by atoms with E-state index in [4.69, 9.17) is 4.74 Å². The largest absolute Gasteiger partial charge is 0.461 e. The molecule has 0 bridgehead atoms. The Morgan fingerprint density at radius 3 is 2.53 bits per heavy atom. The van der Waals surface area contributed by atoms with Crippen molar-refractivity contribution in [3.05, 3.63) is 41.8 Å². The molecule has 9 nitrogen and oxygen atoms in total. The number of hydrogen-bond donors (Lipinski definition) is 2. The van der Waals surface area contributed by atoms with E-state index in [1.165, 1.54) is 36.0 Å². The van der Waals surface area contributed by atoms with Gasteiger partial charge in [0.2, 0.25) is 6.36 Å². The number of halogens is 2. The summed E-state index contributed by atoms with van der Waals surface area (Å²) in [4.78, 5) is 17.3. The Hall–Kier alpha value is -3.12. The van der Waals surface area contributed by atoms with Gasteiger partial charge in [-0.15, -0.1) is 0 Å². The summed E-state index contributed by atoms with van der Waals surface area (Å²) >= 11 is 0. The molecule has 2 aromatic heterocycles. The number of nitrogens with one attached hydrogen (secondary N) is 1. The van der Waals surface area contributed by atoms with Crippen molar-refractivity contribution in [2.24, 2.45) is 0 Å². The fourth-order valence-electron chi connectivity index (χ4n) is 4.21. The Morgan fingerprint density at radius 2 is 1.94 bits per heavy atom. The molecular weight excluding hydrogens is 494 g/mol. The van der Waals surface area contributed by atoms with Gasteiger partial charge in [0.15, 0.2) is 9.84 Å². The second kappa shape index (κ2) is 8.77. The SMILES string of the molecule is CC(F)Oc1ccc(F)c(-c2nn([C@@H](C)C(C)(C)O)c3cc(C(=O)NC4(C)CS(=O)(=O)C4)cnc23)c1. The zero-order valence-corrected chi connectivity index (χ0v) is 21.4. The van der Waals surface area contributed by atoms with Gasteiger partial charge in [0.05, 0.1) is 39.8 Å². The molecule has 1 saturated heterocycles. The molecule has 194 valence electrons. The lowest BCUT2D eigenvalue weighted by Gasteiger charge is -2.38. The second-order valence-corrected chi connectivity index (χ2v) is 12.1. The molecule has 0 radical (unpaired) electrons. The maximum absolute atomic E-state index is 14.9. The minimum Gasteiger partial charge on any atom is -0.461 e. The highest BCUT2D eigenvalue weighted by Gasteiger charge is 2.45. The molecular formula is C24H28F2N4O5S. The van der Waals surface area contributed by atoms with E-state index in [9.17, 15) is 27.1 Å². The summed E-state index contributed by atoms with van der Waals surface area (Å²) in [5, 5.41) is 17.9. The summed E-state index contributed by atoms with van der Waals surface area (Å²) in [6.45, 7) is 7.73. The zero-order valence-electron chi connectivity index (χ0n) is 20.5. The van der Waals surface area contributed by atoms with Crippen molar-refractivity contribution in [2.45, 2.75) is 58.2 Å². The first-order valence-corrected chi connectivity index (χ1v) is 13.1. The van der Waals surface area contributed by atoms with E-state index in [0.717, 1.165) is 6.07 Å². The third-order valence-electron chi connectivity index (χ3n) is 6.18. The molecule has 3 aromatic rings. The first kappa shape index (κ1) is 26.0. The van der Waals surface area contributed by atoms with Gasteiger partial charge in [-0.2, -0.15) is 5.10 Å². The Kier molecular flexibility index (Phi) is 6.32. The molecule has 1 amide bonds. The van der Waals surface area contributed by atoms with Gasteiger partial charge < -0.3 is 15.2 Å². The van der Waals surface area contributed by atoms with Crippen LogP contribution in [0, 0.1) is 5.82 Å². The highest BCUT2D eigenvalue weighted by atomic mass is 32.2. The van der Waals surface area contributed by atoms with Crippen molar-refractivity contribution in [2.75, 3.05) is 11.5 Å². The average molecular weight is 523 g/mol. The summed E-state index contributed by atoms with van der Waals surface area (Å²) in [6, 6.07) is 4.63. The van der Waals surface area contributed by atoms with Crippen molar-refractivity contribution >= 4 is 26.8 Å². The number of amides is 1. The molecule has 1 aliphatic heterocycles. The highest BCUT2D eigenvalue weighted by molar-refractivity contribution is 7.93. The average Bonchev–Trinajstić information content (AvgIpc) is 3.10. The van der Waals surface area contributed by atoms with E-state index < -0.39 is 45.1 Å². The van der Waals surface area contributed by atoms with Crippen LogP contribution in [0.1, 0.15) is 51.0 Å². The van der Waals surface area contributed by atoms with Crippen molar-refractivity contribution in [3.63, 3.8) is 0 Å². The molecule has 2 N–H and O–H groups in total. The zero-order chi connectivity index (χ0) is 26.6. The molecule has 3 heterocycles. The first-order chi connectivity index (χ1) is 16.6. The van der Waals surface area contributed by atoms with Crippen LogP contribution in [0.15, 0.2) is 30.5 Å². The number of alkyl halides is 1. The number of carbonyl (C=O) groups is 1. The van der Waals surface area contributed by atoms with Crippen molar-refractivity contribution in [1.29, 1.82) is 0 Å². The first-order valence-electron chi connectivity index (χ1n) is 11.3. The summed E-state index contributed by atoms with van der Waals surface area (Å²) in [6.07, 6.45) is -0.320. The Morgan fingerprint density at radius 1 is 1.28 bits per heavy atom. The Labute approximate surface area is 207 Å². The van der Waals surface area contributed by atoms with E-state index in [1.807, 2.05) is 0 Å². The van der Waals surface area contributed by atoms with Gasteiger partial charge in [0.1, 0.15) is 22.8 Å². The Bertz CT molecular complexity index is 1430. The topological polar surface area (TPSA) is 123 Å². The van der Waals surface area contributed by atoms with Gasteiger partial charge in [0, 0.05) is 18.7 Å². The van der Waals surface area contributed by atoms with Gasteiger partial charge in [-0.3, -0.25) is 14.5 Å². The van der Waals surface area contributed by atoms with Crippen LogP contribution >= 0.6 is 0 Å². The van der Waals surface area contributed by atoms with Crippen LogP contribution < -0.4 is 10.1 Å². The molecule has 1 fully saturated rings. The lowest BCUT2D eigenvalue weighted by Crippen LogP contribution is -2.63. The summed E-state index contributed by atoms with van der Waals surface area (Å²) in [5.41, 5.74) is -1.24. The van der Waals surface area contributed by atoms with Gasteiger partial charge in [0.25, 0.3) is 5.91 Å². The molecule has 0 spiro atoms. The fourth-order valence-corrected chi connectivity index (χ4v) is 6.21. The van der Waals surface area contributed by atoms with Crippen LogP contribution in [0.3, 0.4) is 0 Å². The van der Waals surface area contributed by atoms with Gasteiger partial charge in [-0.05, 0) is 52.0 Å². The molecule has 12 heteroatoms. The third kappa shape index (κ3) is 5.05. The van der Waals surface area contributed by atoms with Crippen LogP contribution in [0.2, 0.25) is 0 Å². The number of hydrogen-bond acceptors (Lipinski definition) is 7. The van der Waals surface area contributed by atoms with E-state index in [2.05, 4.69) is 15.4 Å². The maximum Gasteiger partial charge on any atom is 0.253 e. The van der Waals surface area contributed by atoms with Crippen LogP contribution in [-0.4, -0.2) is 63.2 Å². The van der Waals surface area contributed by atoms with Crippen LogP contribution in [0.5, 0.6) is 5.75 Å². The van der Waals surface area contributed by atoms with E-state index in [0.29, 0.717) is 5.52 Å². The summed E-state index contributed by atoms with van der Waals surface area (Å²) < 4.78 is 58.0. The monoisotopic (exact) mass is 522 g/mol. The minimum absolute atomic E-state index is 0.0109. The van der Waals surface area contributed by atoms with Gasteiger partial charge >= 0.3 is 0 Å². The predicted octanol–water partition coefficient (Wildman–Crippen LogP) is 3.18. The number of sulfone groups is 1. The maximum atomic E-state index is 14.9. The van der Waals surface area contributed by atoms with E-state index in [1.54, 1.807) is 27.7 Å². The number of benzene rings is 1. The van der Waals surface area contributed by atoms with Gasteiger partial charge in [-0.1, -0.05) is 0 Å². The number of carbonyl (C=O) groups excluding carboxylic acids is 1. The quantitative estimate of drug-likeness (QED) is 0.489. The normalized spacial score (nSPS) is 18.3. The molecule has 0 aliphatic carbocycles. The Balaban J connectivity index is 1.82. The molecule has 2 atom stereocenters. The number of aromatic nitrogens is 3. The predicted molar refractivity (Wildman–Crippen MR) is 130 cm³/mol. The highest BCUT2D eigenvalue weighted by Crippen LogP contribution is 2.35. The number of pyridine rings is 1. The van der Waals surface area contributed by atoms with Crippen LogP contribution in [0.25, 0.3) is 22.3 Å². The smallest absolute Gasteiger partial charge is 0.253 e. The number of ether oxygens (including phenoxy) is 1. The van der Waals surface area contributed by atoms with Crippen molar-refractivity contribution < 1.29 is 31.8 Å². The standard InChI is InChI=1S/C24H28F2N4O5S/c1-13(23(3,4)32)30-19-8-15(22(31)28-24(5)11-36(33,34)12-24)10-27-21(19)20(29-30)17-9-16(35-14(2)25)6-7-18(17)26/h6-10,13-14,32H,11-12H2,1-5H3,(H,28,31)/t13-,14?/m0/s1. The molecule has 36 heavy (non-hydrogen) atoms. The van der Waals surface area contributed by atoms with E-state index >= 15 is 0 Å². The number of aliphatic hydroxyl groups is 1. The van der Waals surface area contributed by atoms with Crippen LogP contribution in [0.4, 0.5) is 8.78 Å². The van der Waals surface area contributed by atoms with Crippen molar-refractivity contribution in [3.8, 4) is 17.0 Å².